The Hall–Kier alpha value is -0.921. The molecule has 81 valence electrons. The van der Waals surface area contributed by atoms with E-state index in [9.17, 15) is 0 Å². The van der Waals surface area contributed by atoms with Crippen LogP contribution in [0.5, 0.6) is 0 Å². The monoisotopic (exact) mass is 378 g/mol. The molecule has 2 aromatic rings. The SMILES string of the molecule is CC(C)n1ccnc1-c1[c-]cccc1.[Ir]. The smallest absolute Gasteiger partial charge is 0.0559 e. The van der Waals surface area contributed by atoms with Crippen LogP contribution < -0.4 is 0 Å². The summed E-state index contributed by atoms with van der Waals surface area (Å²) in [6.45, 7) is 4.29. The van der Waals surface area contributed by atoms with Gasteiger partial charge in [0.15, 0.2) is 0 Å². The van der Waals surface area contributed by atoms with Gasteiger partial charge in [-0.3, -0.25) is 4.98 Å². The number of benzene rings is 1. The average Bonchev–Trinajstić information content (AvgIpc) is 2.67. The van der Waals surface area contributed by atoms with Gasteiger partial charge in [-0.05, 0) is 13.8 Å². The largest absolute Gasteiger partial charge is 0.368 e. The fraction of sp³-hybridized carbons (Fsp3) is 0.250. The third kappa shape index (κ3) is 2.55. The van der Waals surface area contributed by atoms with Gasteiger partial charge in [0.05, 0.1) is 5.82 Å². The van der Waals surface area contributed by atoms with Crippen LogP contribution in [0.3, 0.4) is 0 Å². The third-order valence-corrected chi connectivity index (χ3v) is 2.17. The van der Waals surface area contributed by atoms with E-state index in [4.69, 9.17) is 0 Å². The van der Waals surface area contributed by atoms with Crippen molar-refractivity contribution in [2.45, 2.75) is 19.9 Å². The molecule has 1 aromatic heterocycles. The molecule has 0 unspecified atom stereocenters. The van der Waals surface area contributed by atoms with Crippen LogP contribution in [-0.4, -0.2) is 9.55 Å². The minimum Gasteiger partial charge on any atom is -0.368 e. The Bertz CT molecular complexity index is 407. The predicted octanol–water partition coefficient (Wildman–Crippen LogP) is 2.93. The Morgan fingerprint density at radius 1 is 1.33 bits per heavy atom. The van der Waals surface area contributed by atoms with Crippen molar-refractivity contribution in [1.29, 1.82) is 0 Å². The Morgan fingerprint density at radius 2 is 2.13 bits per heavy atom. The maximum absolute atomic E-state index is 4.34. The topological polar surface area (TPSA) is 17.8 Å². The molecule has 0 atom stereocenters. The van der Waals surface area contributed by atoms with Crippen molar-refractivity contribution in [2.24, 2.45) is 0 Å². The summed E-state index contributed by atoms with van der Waals surface area (Å²) in [6.07, 6.45) is 3.83. The first kappa shape index (κ1) is 12.2. The second kappa shape index (κ2) is 5.24. The van der Waals surface area contributed by atoms with Crippen LogP contribution in [0.1, 0.15) is 19.9 Å². The molecule has 2 rings (SSSR count). The summed E-state index contributed by atoms with van der Waals surface area (Å²) in [4.78, 5) is 4.34. The van der Waals surface area contributed by atoms with E-state index >= 15 is 0 Å². The molecule has 15 heavy (non-hydrogen) atoms. The van der Waals surface area contributed by atoms with Crippen LogP contribution in [-0.2, 0) is 20.1 Å². The molecule has 0 fully saturated rings. The van der Waals surface area contributed by atoms with E-state index in [-0.39, 0.29) is 20.1 Å². The van der Waals surface area contributed by atoms with Crippen molar-refractivity contribution in [3.8, 4) is 11.4 Å². The number of hydrogen-bond acceptors (Lipinski definition) is 1. The minimum absolute atomic E-state index is 0. The minimum atomic E-state index is 0. The van der Waals surface area contributed by atoms with Crippen LogP contribution >= 0.6 is 0 Å². The standard InChI is InChI=1S/C12H13N2.Ir/c1-10(2)14-9-8-13-12(14)11-6-4-3-5-7-11;/h3-6,8-10H,1-2H3;/q-1;. The molecule has 1 aromatic carbocycles. The molecule has 0 amide bonds. The second-order valence-electron chi connectivity index (χ2n) is 3.53. The normalized spacial score (nSPS) is 10.1. The number of imidazole rings is 1. The summed E-state index contributed by atoms with van der Waals surface area (Å²) in [7, 11) is 0. The molecule has 0 aliphatic carbocycles. The Balaban J connectivity index is 0.00000112. The molecule has 0 saturated heterocycles. The van der Waals surface area contributed by atoms with Crippen molar-refractivity contribution >= 4 is 0 Å². The van der Waals surface area contributed by atoms with E-state index in [1.165, 1.54) is 0 Å². The van der Waals surface area contributed by atoms with Crippen molar-refractivity contribution in [2.75, 3.05) is 0 Å². The molecule has 0 saturated carbocycles. The molecule has 0 aliphatic heterocycles. The fourth-order valence-corrected chi connectivity index (χ4v) is 1.47. The Morgan fingerprint density at radius 3 is 2.73 bits per heavy atom. The van der Waals surface area contributed by atoms with Gasteiger partial charge < -0.3 is 4.57 Å². The van der Waals surface area contributed by atoms with E-state index < -0.39 is 0 Å². The summed E-state index contributed by atoms with van der Waals surface area (Å²) >= 11 is 0. The van der Waals surface area contributed by atoms with Gasteiger partial charge in [-0.15, -0.1) is 35.9 Å². The van der Waals surface area contributed by atoms with Crippen molar-refractivity contribution in [1.82, 2.24) is 9.55 Å². The summed E-state index contributed by atoms with van der Waals surface area (Å²) < 4.78 is 2.14. The molecule has 1 radical (unpaired) electrons. The molecular formula is C12H13IrN2-. The molecular weight excluding hydrogens is 364 g/mol. The van der Waals surface area contributed by atoms with Gasteiger partial charge in [0.2, 0.25) is 0 Å². The quantitative estimate of drug-likeness (QED) is 0.736. The van der Waals surface area contributed by atoms with Gasteiger partial charge in [-0.25, -0.2) is 0 Å². The number of hydrogen-bond donors (Lipinski definition) is 0. The van der Waals surface area contributed by atoms with Gasteiger partial charge in [-0.1, -0.05) is 0 Å². The van der Waals surface area contributed by atoms with Gasteiger partial charge in [0.25, 0.3) is 0 Å². The first-order valence-corrected chi connectivity index (χ1v) is 4.79. The summed E-state index contributed by atoms with van der Waals surface area (Å²) in [6, 6.07) is 11.5. The molecule has 0 bridgehead atoms. The van der Waals surface area contributed by atoms with Crippen LogP contribution in [0.4, 0.5) is 0 Å². The summed E-state index contributed by atoms with van der Waals surface area (Å²) in [5.41, 5.74) is 1.05. The van der Waals surface area contributed by atoms with Crippen molar-refractivity contribution in [3.05, 3.63) is 42.7 Å². The molecule has 1 heterocycles. The van der Waals surface area contributed by atoms with Crippen LogP contribution in [0.2, 0.25) is 0 Å². The Labute approximate surface area is 104 Å². The number of aromatic nitrogens is 2. The van der Waals surface area contributed by atoms with Crippen molar-refractivity contribution in [3.63, 3.8) is 0 Å². The van der Waals surface area contributed by atoms with Crippen LogP contribution in [0.25, 0.3) is 11.4 Å². The zero-order valence-corrected chi connectivity index (χ0v) is 11.2. The van der Waals surface area contributed by atoms with Gasteiger partial charge in [0, 0.05) is 38.5 Å². The van der Waals surface area contributed by atoms with Crippen molar-refractivity contribution < 1.29 is 20.1 Å². The maximum Gasteiger partial charge on any atom is 0.0559 e. The molecule has 0 N–H and O–H groups in total. The van der Waals surface area contributed by atoms with E-state index in [2.05, 4.69) is 29.5 Å². The van der Waals surface area contributed by atoms with Gasteiger partial charge >= 0.3 is 0 Å². The van der Waals surface area contributed by atoms with Gasteiger partial charge in [-0.2, -0.15) is 0 Å². The zero-order chi connectivity index (χ0) is 9.97. The maximum atomic E-state index is 4.34. The molecule has 2 nitrogen and oxygen atoms in total. The van der Waals surface area contributed by atoms with Crippen LogP contribution in [0, 0.1) is 6.07 Å². The summed E-state index contributed by atoms with van der Waals surface area (Å²) in [5.74, 6) is 0.987. The predicted molar refractivity (Wildman–Crippen MR) is 56.9 cm³/mol. The molecule has 0 spiro atoms. The fourth-order valence-electron chi connectivity index (χ4n) is 1.47. The van der Waals surface area contributed by atoms with E-state index in [0.717, 1.165) is 11.4 Å². The van der Waals surface area contributed by atoms with E-state index in [1.807, 2.05) is 36.7 Å². The number of rotatable bonds is 2. The second-order valence-corrected chi connectivity index (χ2v) is 3.53. The van der Waals surface area contributed by atoms with Gasteiger partial charge in [0.1, 0.15) is 0 Å². The molecule has 3 heteroatoms. The summed E-state index contributed by atoms with van der Waals surface area (Å²) in [5, 5.41) is 0. The average molecular weight is 377 g/mol. The van der Waals surface area contributed by atoms with E-state index in [0.29, 0.717) is 6.04 Å². The molecule has 0 aliphatic rings. The first-order valence-electron chi connectivity index (χ1n) is 4.79. The first-order chi connectivity index (χ1) is 6.79. The number of nitrogens with zero attached hydrogens (tertiary/aromatic N) is 2. The third-order valence-electron chi connectivity index (χ3n) is 2.17. The Kier molecular flexibility index (Phi) is 4.25. The van der Waals surface area contributed by atoms with Crippen LogP contribution in [0.15, 0.2) is 36.7 Å². The zero-order valence-electron chi connectivity index (χ0n) is 8.77. The van der Waals surface area contributed by atoms with E-state index in [1.54, 1.807) is 0 Å².